The molecule has 0 spiro atoms. The fourth-order valence-electron chi connectivity index (χ4n) is 2.22. The lowest BCUT2D eigenvalue weighted by Gasteiger charge is -2.07. The molecule has 17 heavy (non-hydrogen) atoms. The Bertz CT molecular complexity index is 683. The van der Waals surface area contributed by atoms with Gasteiger partial charge in [0.1, 0.15) is 0 Å². The lowest BCUT2D eigenvalue weighted by Crippen LogP contribution is -1.84. The third-order valence-electron chi connectivity index (χ3n) is 3.21. The lowest BCUT2D eigenvalue weighted by molar-refractivity contribution is 1.12. The highest BCUT2D eigenvalue weighted by Crippen LogP contribution is 2.27. The van der Waals surface area contributed by atoms with Gasteiger partial charge >= 0.3 is 0 Å². The van der Waals surface area contributed by atoms with Crippen molar-refractivity contribution in [1.29, 1.82) is 0 Å². The van der Waals surface area contributed by atoms with Crippen LogP contribution in [0.3, 0.4) is 0 Å². The first kappa shape index (κ1) is 10.7. The van der Waals surface area contributed by atoms with Crippen molar-refractivity contribution in [2.75, 3.05) is 0 Å². The van der Waals surface area contributed by atoms with Crippen LogP contribution in [-0.2, 0) is 0 Å². The van der Waals surface area contributed by atoms with E-state index in [0.717, 1.165) is 0 Å². The first-order valence-electron chi connectivity index (χ1n) is 5.84. The molecule has 0 nitrogen and oxygen atoms in total. The highest BCUT2D eigenvalue weighted by atomic mass is 32.1. The average molecular weight is 238 g/mol. The fraction of sp³-hybridized carbons (Fsp3) is 0.125. The number of rotatable bonds is 1. The van der Waals surface area contributed by atoms with Gasteiger partial charge in [-0.1, -0.05) is 42.5 Å². The van der Waals surface area contributed by atoms with Gasteiger partial charge in [-0.05, 0) is 46.2 Å². The van der Waals surface area contributed by atoms with Crippen molar-refractivity contribution in [2.24, 2.45) is 0 Å². The largest absolute Gasteiger partial charge is 0.171 e. The normalized spacial score (nSPS) is 13.1. The summed E-state index contributed by atoms with van der Waals surface area (Å²) in [5, 5.41) is 5.46. The number of fused-ring (bicyclic) bond motifs is 2. The second-order valence-electron chi connectivity index (χ2n) is 4.48. The molecule has 1 atom stereocenters. The molecule has 0 amide bonds. The van der Waals surface area contributed by atoms with E-state index >= 15 is 0 Å². The van der Waals surface area contributed by atoms with Gasteiger partial charge in [0.05, 0.1) is 0 Å². The summed E-state index contributed by atoms with van der Waals surface area (Å²) in [6.45, 7) is 2.10. The van der Waals surface area contributed by atoms with E-state index in [0.29, 0.717) is 0 Å². The van der Waals surface area contributed by atoms with Crippen LogP contribution in [0.2, 0.25) is 0 Å². The summed E-state index contributed by atoms with van der Waals surface area (Å²) in [4.78, 5) is 0. The number of hydrogen-bond acceptors (Lipinski definition) is 1. The Hall–Kier alpha value is -1.47. The van der Waals surface area contributed by atoms with Crippen molar-refractivity contribution in [1.82, 2.24) is 0 Å². The third kappa shape index (κ3) is 1.91. The summed E-state index contributed by atoms with van der Waals surface area (Å²) in [6, 6.07) is 19.6. The van der Waals surface area contributed by atoms with Crippen molar-refractivity contribution in [3.8, 4) is 0 Å². The van der Waals surface area contributed by atoms with Crippen LogP contribution in [0, 0.1) is 0 Å². The Balaban J connectivity index is 2.32. The zero-order valence-electron chi connectivity index (χ0n) is 9.72. The van der Waals surface area contributed by atoms with Gasteiger partial charge in [0, 0.05) is 5.25 Å². The van der Waals surface area contributed by atoms with Gasteiger partial charge in [-0.25, -0.2) is 0 Å². The quantitative estimate of drug-likeness (QED) is 0.448. The zero-order chi connectivity index (χ0) is 11.8. The van der Waals surface area contributed by atoms with Gasteiger partial charge < -0.3 is 0 Å². The number of thiol groups is 1. The standard InChI is InChI=1S/C16H14S/c1-11(17)12-6-7-15-9-13-4-2-3-5-14(13)10-16(15)8-12/h2-11,17H,1H3/t11-/m0/s1. The van der Waals surface area contributed by atoms with Crippen molar-refractivity contribution in [2.45, 2.75) is 12.2 Å². The Labute approximate surface area is 107 Å². The Morgan fingerprint density at radius 2 is 1.35 bits per heavy atom. The molecule has 0 unspecified atom stereocenters. The maximum absolute atomic E-state index is 4.49. The van der Waals surface area contributed by atoms with Gasteiger partial charge in [-0.2, -0.15) is 12.6 Å². The molecule has 0 N–H and O–H groups in total. The summed E-state index contributed by atoms with van der Waals surface area (Å²) < 4.78 is 0. The molecular weight excluding hydrogens is 224 g/mol. The van der Waals surface area contributed by atoms with Gasteiger partial charge in [-0.3, -0.25) is 0 Å². The summed E-state index contributed by atoms with van der Waals surface area (Å²) in [5.74, 6) is 0. The molecule has 0 aliphatic rings. The molecular formula is C16H14S. The molecule has 1 heteroatoms. The molecule has 84 valence electrons. The number of benzene rings is 3. The molecule has 0 aromatic heterocycles. The minimum absolute atomic E-state index is 0.283. The van der Waals surface area contributed by atoms with E-state index < -0.39 is 0 Å². The molecule has 0 heterocycles. The summed E-state index contributed by atoms with van der Waals surface area (Å²) in [5.41, 5.74) is 1.27. The van der Waals surface area contributed by atoms with Gasteiger partial charge in [0.15, 0.2) is 0 Å². The smallest absolute Gasteiger partial charge is 0.0239 e. The van der Waals surface area contributed by atoms with Gasteiger partial charge in [-0.15, -0.1) is 0 Å². The van der Waals surface area contributed by atoms with Crippen molar-refractivity contribution >= 4 is 34.2 Å². The Morgan fingerprint density at radius 3 is 2.00 bits per heavy atom. The van der Waals surface area contributed by atoms with Crippen LogP contribution >= 0.6 is 12.6 Å². The van der Waals surface area contributed by atoms with E-state index in [9.17, 15) is 0 Å². The van der Waals surface area contributed by atoms with Crippen molar-refractivity contribution < 1.29 is 0 Å². The monoisotopic (exact) mass is 238 g/mol. The predicted octanol–water partition coefficient (Wildman–Crippen LogP) is 4.98. The van der Waals surface area contributed by atoms with Gasteiger partial charge in [0.2, 0.25) is 0 Å². The highest BCUT2D eigenvalue weighted by Gasteiger charge is 2.02. The average Bonchev–Trinajstić information content (AvgIpc) is 2.35. The van der Waals surface area contributed by atoms with E-state index in [4.69, 9.17) is 0 Å². The van der Waals surface area contributed by atoms with Crippen LogP contribution in [0.15, 0.2) is 54.6 Å². The second-order valence-corrected chi connectivity index (χ2v) is 5.26. The van der Waals surface area contributed by atoms with E-state index in [2.05, 4.69) is 74.1 Å². The molecule has 3 aromatic rings. The first-order valence-corrected chi connectivity index (χ1v) is 6.36. The molecule has 0 saturated carbocycles. The molecule has 0 fully saturated rings. The van der Waals surface area contributed by atoms with Crippen LogP contribution in [0.5, 0.6) is 0 Å². The Kier molecular flexibility index (Phi) is 2.56. The minimum Gasteiger partial charge on any atom is -0.171 e. The van der Waals surface area contributed by atoms with E-state index in [1.165, 1.54) is 27.1 Å². The van der Waals surface area contributed by atoms with E-state index in [-0.39, 0.29) is 5.25 Å². The molecule has 0 bridgehead atoms. The van der Waals surface area contributed by atoms with Crippen LogP contribution in [0.4, 0.5) is 0 Å². The zero-order valence-corrected chi connectivity index (χ0v) is 10.6. The van der Waals surface area contributed by atoms with Crippen LogP contribution in [-0.4, -0.2) is 0 Å². The molecule has 3 aromatic carbocycles. The topological polar surface area (TPSA) is 0 Å². The number of hydrogen-bond donors (Lipinski definition) is 1. The maximum atomic E-state index is 4.49. The first-order chi connectivity index (χ1) is 8.24. The predicted molar refractivity (Wildman–Crippen MR) is 78.9 cm³/mol. The molecule has 0 aliphatic carbocycles. The summed E-state index contributed by atoms with van der Waals surface area (Å²) in [6.07, 6.45) is 0. The summed E-state index contributed by atoms with van der Waals surface area (Å²) >= 11 is 4.49. The van der Waals surface area contributed by atoms with Crippen LogP contribution in [0.1, 0.15) is 17.7 Å². The second kappa shape index (κ2) is 4.08. The SMILES string of the molecule is C[C@H](S)c1ccc2cc3ccccc3cc2c1. The van der Waals surface area contributed by atoms with E-state index in [1.54, 1.807) is 0 Å². The van der Waals surface area contributed by atoms with Gasteiger partial charge in [0.25, 0.3) is 0 Å². The van der Waals surface area contributed by atoms with Crippen molar-refractivity contribution in [3.05, 3.63) is 60.2 Å². The summed E-state index contributed by atoms with van der Waals surface area (Å²) in [7, 11) is 0. The third-order valence-corrected chi connectivity index (χ3v) is 3.51. The van der Waals surface area contributed by atoms with Crippen LogP contribution in [0.25, 0.3) is 21.5 Å². The highest BCUT2D eigenvalue weighted by molar-refractivity contribution is 7.80. The molecule has 0 radical (unpaired) electrons. The minimum atomic E-state index is 0.283. The van der Waals surface area contributed by atoms with Crippen molar-refractivity contribution in [3.63, 3.8) is 0 Å². The molecule has 0 aliphatic heterocycles. The molecule has 3 rings (SSSR count). The lowest BCUT2D eigenvalue weighted by atomic mass is 10.0. The molecule has 0 saturated heterocycles. The maximum Gasteiger partial charge on any atom is 0.0239 e. The Morgan fingerprint density at radius 1 is 0.765 bits per heavy atom. The van der Waals surface area contributed by atoms with E-state index in [1.807, 2.05) is 0 Å². The van der Waals surface area contributed by atoms with Crippen LogP contribution < -0.4 is 0 Å². The fourth-order valence-corrected chi connectivity index (χ4v) is 2.38.